The number of esters is 1. The van der Waals surface area contributed by atoms with E-state index in [0.29, 0.717) is 37.4 Å². The fraction of sp³-hybridized carbons (Fsp3) is 0.370. The first-order valence-corrected chi connectivity index (χ1v) is 12.3. The van der Waals surface area contributed by atoms with Gasteiger partial charge in [0.05, 0.1) is 18.2 Å². The molecular weight excluding hydrogens is 477 g/mol. The summed E-state index contributed by atoms with van der Waals surface area (Å²) in [6, 6.07) is 13.6. The molecule has 0 radical (unpaired) electrons. The van der Waals surface area contributed by atoms with Gasteiger partial charge in [-0.1, -0.05) is 30.3 Å². The van der Waals surface area contributed by atoms with E-state index in [4.69, 9.17) is 4.74 Å². The number of likely N-dealkylation sites (N-methyl/N-ethyl adjacent to an activating group) is 1. The van der Waals surface area contributed by atoms with Crippen molar-refractivity contribution < 1.29 is 23.5 Å². The summed E-state index contributed by atoms with van der Waals surface area (Å²) < 4.78 is 19.4. The highest BCUT2D eigenvalue weighted by atomic mass is 19.1. The number of rotatable bonds is 6. The van der Waals surface area contributed by atoms with Gasteiger partial charge in [0, 0.05) is 50.7 Å². The molecule has 2 N–H and O–H groups in total. The zero-order valence-electron chi connectivity index (χ0n) is 21.2. The van der Waals surface area contributed by atoms with Crippen molar-refractivity contribution >= 4 is 23.7 Å². The van der Waals surface area contributed by atoms with Gasteiger partial charge >= 0.3 is 18.0 Å². The van der Waals surface area contributed by atoms with Gasteiger partial charge < -0.3 is 20.3 Å². The van der Waals surface area contributed by atoms with Gasteiger partial charge in [-0.15, -0.1) is 0 Å². The third-order valence-corrected chi connectivity index (χ3v) is 6.63. The molecule has 2 atom stereocenters. The number of benzene rings is 2. The average molecular weight is 510 g/mol. The highest BCUT2D eigenvalue weighted by Crippen LogP contribution is 2.32. The molecule has 2 aromatic rings. The van der Waals surface area contributed by atoms with Gasteiger partial charge in [-0.05, 0) is 43.7 Å². The van der Waals surface area contributed by atoms with Crippen LogP contribution in [0, 0.1) is 5.82 Å². The largest absolute Gasteiger partial charge is 0.463 e. The Balaban J connectivity index is 1.56. The number of nitrogens with zero attached hydrogens (tertiary/aromatic N) is 3. The number of carbonyl (C=O) groups is 3. The molecule has 0 saturated carbocycles. The minimum Gasteiger partial charge on any atom is -0.463 e. The smallest absolute Gasteiger partial charge is 0.338 e. The second kappa shape index (κ2) is 11.4. The van der Waals surface area contributed by atoms with Crippen molar-refractivity contribution in [3.63, 3.8) is 0 Å². The van der Waals surface area contributed by atoms with Gasteiger partial charge in [0.1, 0.15) is 5.82 Å². The fourth-order valence-corrected chi connectivity index (χ4v) is 4.74. The molecule has 2 aliphatic rings. The summed E-state index contributed by atoms with van der Waals surface area (Å²) >= 11 is 0. The Labute approximate surface area is 215 Å². The minimum atomic E-state index is -0.844. The normalized spacial score (nSPS) is 20.5. The molecule has 4 rings (SSSR count). The maximum absolute atomic E-state index is 14.0. The number of hydrogen-bond donors (Lipinski definition) is 2. The molecule has 2 aromatic carbocycles. The highest BCUT2D eigenvalue weighted by molar-refractivity contribution is 5.95. The molecule has 1 saturated heterocycles. The number of para-hydroxylation sites is 1. The number of anilines is 1. The number of halogens is 1. The van der Waals surface area contributed by atoms with Gasteiger partial charge in [0.2, 0.25) is 0 Å². The van der Waals surface area contributed by atoms with Gasteiger partial charge in [-0.3, -0.25) is 9.80 Å². The van der Waals surface area contributed by atoms with E-state index in [-0.39, 0.29) is 24.3 Å². The van der Waals surface area contributed by atoms with Crippen LogP contribution in [0.1, 0.15) is 25.5 Å². The summed E-state index contributed by atoms with van der Waals surface area (Å²) in [5.41, 5.74) is 1.94. The van der Waals surface area contributed by atoms with Crippen LogP contribution in [0.2, 0.25) is 0 Å². The fourth-order valence-electron chi connectivity index (χ4n) is 4.74. The predicted molar refractivity (Wildman–Crippen MR) is 137 cm³/mol. The number of ether oxygens (including phenoxy) is 1. The Morgan fingerprint density at radius 1 is 1.14 bits per heavy atom. The zero-order chi connectivity index (χ0) is 26.5. The number of urea groups is 2. The molecule has 0 bridgehead atoms. The molecular formula is C27H32FN5O4. The van der Waals surface area contributed by atoms with Gasteiger partial charge in [-0.25, -0.2) is 18.8 Å². The van der Waals surface area contributed by atoms with Crippen LogP contribution in [0.25, 0.3) is 0 Å². The van der Waals surface area contributed by atoms with E-state index in [2.05, 4.69) is 15.5 Å². The molecule has 196 valence electrons. The van der Waals surface area contributed by atoms with Crippen LogP contribution < -0.4 is 10.6 Å². The topological polar surface area (TPSA) is 94.2 Å². The lowest BCUT2D eigenvalue weighted by Gasteiger charge is -2.42. The van der Waals surface area contributed by atoms with Crippen LogP contribution in [0.5, 0.6) is 0 Å². The third kappa shape index (κ3) is 5.91. The minimum absolute atomic E-state index is 0.106. The Morgan fingerprint density at radius 2 is 1.89 bits per heavy atom. The predicted octanol–water partition coefficient (Wildman–Crippen LogP) is 3.58. The van der Waals surface area contributed by atoms with Crippen molar-refractivity contribution in [3.8, 4) is 0 Å². The van der Waals surface area contributed by atoms with Crippen molar-refractivity contribution in [2.24, 2.45) is 0 Å². The van der Waals surface area contributed by atoms with E-state index in [1.54, 1.807) is 31.0 Å². The van der Waals surface area contributed by atoms with E-state index < -0.39 is 23.9 Å². The molecule has 2 aliphatic heterocycles. The van der Waals surface area contributed by atoms with E-state index in [1.165, 1.54) is 17.0 Å². The average Bonchev–Trinajstić information content (AvgIpc) is 2.87. The first kappa shape index (κ1) is 26.2. The summed E-state index contributed by atoms with van der Waals surface area (Å²) in [7, 11) is 1.60. The molecule has 0 aliphatic carbocycles. The van der Waals surface area contributed by atoms with Crippen LogP contribution in [-0.2, 0) is 9.53 Å². The maximum atomic E-state index is 14.0. The van der Waals surface area contributed by atoms with Crippen molar-refractivity contribution in [2.75, 3.05) is 45.2 Å². The van der Waals surface area contributed by atoms with E-state index >= 15 is 0 Å². The highest BCUT2D eigenvalue weighted by Gasteiger charge is 2.38. The number of piperazine rings is 1. The number of carbonyl (C=O) groups excluding carboxylic acids is 3. The van der Waals surface area contributed by atoms with Crippen LogP contribution in [0.15, 0.2) is 65.9 Å². The molecule has 2 heterocycles. The zero-order valence-corrected chi connectivity index (χ0v) is 21.2. The second-order valence-corrected chi connectivity index (χ2v) is 9.15. The van der Waals surface area contributed by atoms with Crippen LogP contribution in [0.3, 0.4) is 0 Å². The monoisotopic (exact) mass is 509 g/mol. The van der Waals surface area contributed by atoms with Gasteiger partial charge in [-0.2, -0.15) is 0 Å². The van der Waals surface area contributed by atoms with Crippen molar-refractivity contribution in [2.45, 2.75) is 25.9 Å². The molecule has 10 heteroatoms. The molecule has 0 aromatic heterocycles. The van der Waals surface area contributed by atoms with Crippen LogP contribution in [0.4, 0.5) is 19.7 Å². The number of hydrogen-bond acceptors (Lipinski definition) is 5. The Kier molecular flexibility index (Phi) is 8.08. The lowest BCUT2D eigenvalue weighted by molar-refractivity contribution is -0.139. The third-order valence-electron chi connectivity index (χ3n) is 6.63. The van der Waals surface area contributed by atoms with E-state index in [9.17, 15) is 18.8 Å². The summed E-state index contributed by atoms with van der Waals surface area (Å²) in [6.45, 7) is 5.70. The standard InChI is InChI=1S/C27H32FN5O4/c1-4-37-25(34)23-22(31(3)26(35)30-24(23)19-9-8-10-20(28)15-19)17-32-13-14-33(18(2)16-32)27(36)29-21-11-6-5-7-12-21/h5-12,15,18,24H,4,13-14,16-17H2,1-3H3,(H,29,36)(H,30,35)/t18-,24-/m1/s1. The number of amides is 4. The first-order chi connectivity index (χ1) is 17.8. The lowest BCUT2D eigenvalue weighted by Crippen LogP contribution is -2.56. The molecule has 9 nitrogen and oxygen atoms in total. The van der Waals surface area contributed by atoms with Crippen molar-refractivity contribution in [1.29, 1.82) is 0 Å². The second-order valence-electron chi connectivity index (χ2n) is 9.15. The summed E-state index contributed by atoms with van der Waals surface area (Å²) in [6.07, 6.45) is 0. The molecule has 1 fully saturated rings. The molecule has 0 unspecified atom stereocenters. The Morgan fingerprint density at radius 3 is 2.57 bits per heavy atom. The molecule has 0 spiro atoms. The van der Waals surface area contributed by atoms with Crippen LogP contribution >= 0.6 is 0 Å². The molecule has 4 amide bonds. The maximum Gasteiger partial charge on any atom is 0.338 e. The first-order valence-electron chi connectivity index (χ1n) is 12.3. The summed E-state index contributed by atoms with van der Waals surface area (Å²) in [5.74, 6) is -1.03. The lowest BCUT2D eigenvalue weighted by atomic mass is 9.94. The Hall–Kier alpha value is -3.92. The molecule has 37 heavy (non-hydrogen) atoms. The van der Waals surface area contributed by atoms with E-state index in [0.717, 1.165) is 5.69 Å². The SMILES string of the molecule is CCOC(=O)C1=C(CN2CCN(C(=O)Nc3ccccc3)[C@H](C)C2)N(C)C(=O)N[C@@H]1c1cccc(F)c1. The van der Waals surface area contributed by atoms with Crippen molar-refractivity contribution in [1.82, 2.24) is 20.0 Å². The number of nitrogens with one attached hydrogen (secondary N) is 2. The Bertz CT molecular complexity index is 1190. The van der Waals surface area contributed by atoms with Gasteiger partial charge in [0.25, 0.3) is 0 Å². The quantitative estimate of drug-likeness (QED) is 0.581. The summed E-state index contributed by atoms with van der Waals surface area (Å²) in [5, 5.41) is 5.72. The van der Waals surface area contributed by atoms with Crippen molar-refractivity contribution in [3.05, 3.63) is 77.2 Å². The summed E-state index contributed by atoms with van der Waals surface area (Å²) in [4.78, 5) is 44.1. The van der Waals surface area contributed by atoms with Gasteiger partial charge in [0.15, 0.2) is 0 Å². The van der Waals surface area contributed by atoms with E-state index in [1.807, 2.05) is 37.3 Å². The van der Waals surface area contributed by atoms with Crippen LogP contribution in [-0.4, -0.2) is 78.6 Å².